The molecule has 1 amide bonds. The number of aromatic nitrogens is 1. The van der Waals surface area contributed by atoms with Crippen LogP contribution in [0.15, 0.2) is 10.5 Å². The average molecular weight is 426 g/mol. The van der Waals surface area contributed by atoms with E-state index in [0.717, 1.165) is 0 Å². The second-order valence-electron chi connectivity index (χ2n) is 6.92. The van der Waals surface area contributed by atoms with Gasteiger partial charge in [0.1, 0.15) is 5.60 Å². The van der Waals surface area contributed by atoms with Crippen molar-refractivity contribution in [3.63, 3.8) is 0 Å². The first-order valence-corrected chi connectivity index (χ1v) is 8.87. The lowest BCUT2D eigenvalue weighted by Crippen LogP contribution is -2.44. The van der Waals surface area contributed by atoms with Gasteiger partial charge < -0.3 is 19.8 Å². The number of likely N-dealkylation sites (tertiary alicyclic amines) is 1. The molecule has 1 N–H and O–H groups in total. The number of amides is 1. The van der Waals surface area contributed by atoms with Crippen molar-refractivity contribution >= 4 is 39.3 Å². The van der Waals surface area contributed by atoms with Gasteiger partial charge in [0.05, 0.1) is 9.40 Å². The molecule has 9 nitrogen and oxygen atoms in total. The van der Waals surface area contributed by atoms with Crippen molar-refractivity contribution in [1.82, 2.24) is 9.88 Å². The van der Waals surface area contributed by atoms with E-state index < -0.39 is 10.5 Å². The second-order valence-corrected chi connectivity index (χ2v) is 7.77. The average Bonchev–Trinajstić information content (AvgIpc) is 2.55. The summed E-state index contributed by atoms with van der Waals surface area (Å²) in [5.74, 6) is 0.129. The fraction of sp³-hybridized carbons (Fsp3) is 0.562. The number of carbonyl (C=O) groups excluding carboxylic acids is 1. The van der Waals surface area contributed by atoms with E-state index in [0.29, 0.717) is 25.9 Å². The molecule has 26 heavy (non-hydrogen) atoms. The van der Waals surface area contributed by atoms with Crippen LogP contribution in [-0.2, 0) is 4.74 Å². The van der Waals surface area contributed by atoms with E-state index in [1.807, 2.05) is 20.8 Å². The van der Waals surface area contributed by atoms with Crippen LogP contribution in [0.5, 0.6) is 0 Å². The highest BCUT2D eigenvalue weighted by Gasteiger charge is 2.30. The number of halogens is 1. The third-order valence-corrected chi connectivity index (χ3v) is 4.31. The molecule has 1 aromatic heterocycles. The molecule has 0 bridgehead atoms. The number of hydrogen-bond acceptors (Lipinski definition) is 6. The summed E-state index contributed by atoms with van der Waals surface area (Å²) >= 11 is 3.12. The van der Waals surface area contributed by atoms with Crippen molar-refractivity contribution in [1.29, 1.82) is 0 Å². The Morgan fingerprint density at radius 3 is 2.62 bits per heavy atom. The second kappa shape index (κ2) is 7.86. The van der Waals surface area contributed by atoms with E-state index in [1.54, 1.807) is 4.90 Å². The zero-order valence-electron chi connectivity index (χ0n) is 14.8. The Morgan fingerprint density at radius 2 is 2.12 bits per heavy atom. The molecule has 1 aliphatic heterocycles. The predicted molar refractivity (Wildman–Crippen MR) is 99.3 cm³/mol. The Kier molecular flexibility index (Phi) is 6.02. The van der Waals surface area contributed by atoms with Gasteiger partial charge in [0, 0.05) is 25.2 Å². The Bertz CT molecular complexity index is 748. The lowest BCUT2D eigenvalue weighted by molar-refractivity contribution is -0.384. The molecule has 140 valence electrons. The van der Waals surface area contributed by atoms with Crippen LogP contribution in [-0.4, -0.2) is 45.6 Å². The van der Waals surface area contributed by atoms with Crippen LogP contribution in [0.2, 0.25) is 0 Å². The van der Waals surface area contributed by atoms with Gasteiger partial charge in [0.15, 0.2) is 0 Å². The maximum Gasteiger partial charge on any atom is 0.410 e. The predicted octanol–water partition coefficient (Wildman–Crippen LogP) is 4.11. The summed E-state index contributed by atoms with van der Waals surface area (Å²) in [6, 6.07) is 1.19. The van der Waals surface area contributed by atoms with E-state index in [4.69, 9.17) is 11.3 Å². The highest BCUT2D eigenvalue weighted by molar-refractivity contribution is 9.10. The summed E-state index contributed by atoms with van der Waals surface area (Å²) < 4.78 is 5.63. The molecular formula is C16H20BrN5O4. The van der Waals surface area contributed by atoms with Crippen molar-refractivity contribution in [2.75, 3.05) is 18.4 Å². The fourth-order valence-corrected chi connectivity index (χ4v) is 2.91. The molecule has 0 unspecified atom stereocenters. The van der Waals surface area contributed by atoms with Gasteiger partial charge in [0.25, 0.3) is 11.6 Å². The zero-order valence-corrected chi connectivity index (χ0v) is 16.4. The number of hydrogen-bond donors (Lipinski definition) is 1. The normalized spacial score (nSPS) is 15.3. The van der Waals surface area contributed by atoms with Crippen LogP contribution in [0.1, 0.15) is 33.6 Å². The summed E-state index contributed by atoms with van der Waals surface area (Å²) in [4.78, 5) is 31.7. The van der Waals surface area contributed by atoms with E-state index >= 15 is 0 Å². The maximum atomic E-state index is 12.1. The Hall–Kier alpha value is -2.41. The number of rotatable bonds is 3. The van der Waals surface area contributed by atoms with Crippen molar-refractivity contribution in [2.24, 2.45) is 0 Å². The molecule has 1 aliphatic rings. The lowest BCUT2D eigenvalue weighted by atomic mass is 10.1. The van der Waals surface area contributed by atoms with Crippen molar-refractivity contribution < 1.29 is 14.5 Å². The van der Waals surface area contributed by atoms with E-state index in [1.165, 1.54) is 6.07 Å². The summed E-state index contributed by atoms with van der Waals surface area (Å²) in [6.45, 7) is 13.5. The molecule has 2 heterocycles. The third kappa shape index (κ3) is 5.05. The summed E-state index contributed by atoms with van der Waals surface area (Å²) in [5.41, 5.74) is -0.747. The first kappa shape index (κ1) is 19.9. The highest BCUT2D eigenvalue weighted by Crippen LogP contribution is 2.33. The SMILES string of the molecule is [C-]#[N+]c1nc(NC2CCN(C(=O)OC(C)(C)C)CC2)c([N+](=O)[O-])cc1Br. The third-order valence-electron chi connectivity index (χ3n) is 3.73. The molecule has 1 fully saturated rings. The smallest absolute Gasteiger partial charge is 0.410 e. The van der Waals surface area contributed by atoms with Crippen molar-refractivity contribution in [3.05, 3.63) is 32.1 Å². The molecule has 1 aromatic rings. The number of anilines is 1. The lowest BCUT2D eigenvalue weighted by Gasteiger charge is -2.33. The van der Waals surface area contributed by atoms with Crippen LogP contribution >= 0.6 is 15.9 Å². The molecule has 2 rings (SSSR count). The van der Waals surface area contributed by atoms with Crippen LogP contribution in [0.3, 0.4) is 0 Å². The monoisotopic (exact) mass is 425 g/mol. The Morgan fingerprint density at radius 1 is 1.50 bits per heavy atom. The topological polar surface area (TPSA) is 102 Å². The van der Waals surface area contributed by atoms with Gasteiger partial charge in [-0.1, -0.05) is 27.5 Å². The van der Waals surface area contributed by atoms with E-state index in [2.05, 4.69) is 31.1 Å². The number of carbonyl (C=O) groups is 1. The molecule has 0 saturated carbocycles. The van der Waals surface area contributed by atoms with Gasteiger partial charge in [-0.25, -0.2) is 4.79 Å². The summed E-state index contributed by atoms with van der Waals surface area (Å²) in [6.07, 6.45) is 0.835. The minimum absolute atomic E-state index is 0.0595. The number of nitro groups is 1. The minimum Gasteiger partial charge on any atom is -0.444 e. The summed E-state index contributed by atoms with van der Waals surface area (Å²) in [7, 11) is 0. The first-order valence-electron chi connectivity index (χ1n) is 8.07. The van der Waals surface area contributed by atoms with Crippen LogP contribution in [0, 0.1) is 16.7 Å². The zero-order chi connectivity index (χ0) is 19.5. The van der Waals surface area contributed by atoms with Crippen LogP contribution in [0.25, 0.3) is 4.85 Å². The van der Waals surface area contributed by atoms with Gasteiger partial charge in [-0.2, -0.15) is 0 Å². The van der Waals surface area contributed by atoms with Crippen molar-refractivity contribution in [3.8, 4) is 0 Å². The van der Waals surface area contributed by atoms with Gasteiger partial charge in [0.2, 0.25) is 0 Å². The largest absolute Gasteiger partial charge is 0.444 e. The van der Waals surface area contributed by atoms with Crippen LogP contribution in [0.4, 0.5) is 22.1 Å². The number of piperidine rings is 1. The van der Waals surface area contributed by atoms with Crippen LogP contribution < -0.4 is 5.32 Å². The van der Waals surface area contributed by atoms with E-state index in [-0.39, 0.29) is 33.9 Å². The maximum absolute atomic E-state index is 12.1. The Balaban J connectivity index is 2.05. The standard InChI is InChI=1S/C16H20BrN5O4/c1-16(2,3)26-15(23)21-7-5-10(6-8-21)19-14-12(22(24)25)9-11(17)13(18-4)20-14/h9-10H,5-8H2,1-3H3,(H,19,20). The van der Waals surface area contributed by atoms with Crippen molar-refractivity contribution in [2.45, 2.75) is 45.3 Å². The number of nitrogens with zero attached hydrogens (tertiary/aromatic N) is 4. The molecule has 0 aromatic carbocycles. The molecule has 0 spiro atoms. The fourth-order valence-electron chi connectivity index (χ4n) is 2.52. The number of ether oxygens (including phenoxy) is 1. The van der Waals surface area contributed by atoms with Gasteiger partial charge in [-0.3, -0.25) is 10.1 Å². The quantitative estimate of drug-likeness (QED) is 0.443. The van der Waals surface area contributed by atoms with Gasteiger partial charge in [-0.05, 0) is 33.6 Å². The minimum atomic E-state index is -0.551. The Labute approximate surface area is 159 Å². The van der Waals surface area contributed by atoms with E-state index in [9.17, 15) is 14.9 Å². The molecular weight excluding hydrogens is 406 g/mol. The number of pyridine rings is 1. The number of nitrogens with one attached hydrogen (secondary N) is 1. The molecule has 0 aliphatic carbocycles. The summed E-state index contributed by atoms with van der Waals surface area (Å²) in [5, 5.41) is 14.3. The first-order chi connectivity index (χ1) is 12.1. The molecule has 0 atom stereocenters. The molecule has 0 radical (unpaired) electrons. The molecule has 10 heteroatoms. The van der Waals surface area contributed by atoms with Gasteiger partial charge in [-0.15, -0.1) is 0 Å². The highest BCUT2D eigenvalue weighted by atomic mass is 79.9. The van der Waals surface area contributed by atoms with Gasteiger partial charge >= 0.3 is 11.8 Å². The molecule has 1 saturated heterocycles.